The van der Waals surface area contributed by atoms with Gasteiger partial charge in [0.2, 0.25) is 0 Å². The molecule has 5 heteroatoms. The monoisotopic (exact) mass is 330 g/mol. The molecule has 2 atom stereocenters. The number of carbonyl (C=O) groups excluding carboxylic acids is 1. The fourth-order valence-corrected chi connectivity index (χ4v) is 3.69. The van der Waals surface area contributed by atoms with Gasteiger partial charge in [0.1, 0.15) is 0 Å². The molecule has 0 radical (unpaired) electrons. The number of carbonyl (C=O) groups is 2. The second-order valence-corrected chi connectivity index (χ2v) is 7.44. The molecule has 2 amide bonds. The summed E-state index contributed by atoms with van der Waals surface area (Å²) in [5, 5.41) is 12.3. The number of carboxylic acid groups (broad SMARTS) is 1. The summed E-state index contributed by atoms with van der Waals surface area (Å²) in [5.74, 6) is -0.833. The molecule has 0 aromatic heterocycles. The van der Waals surface area contributed by atoms with Gasteiger partial charge in [-0.05, 0) is 62.6 Å². The smallest absolute Gasteiger partial charge is 0.317 e. The zero-order valence-corrected chi connectivity index (χ0v) is 14.5. The maximum Gasteiger partial charge on any atom is 0.317 e. The Balaban J connectivity index is 1.64. The van der Waals surface area contributed by atoms with Crippen LogP contribution >= 0.6 is 0 Å². The maximum atomic E-state index is 12.5. The van der Waals surface area contributed by atoms with Gasteiger partial charge in [-0.3, -0.25) is 4.79 Å². The molecular weight excluding hydrogens is 304 g/mol. The summed E-state index contributed by atoms with van der Waals surface area (Å²) in [6.45, 7) is 4.45. The SMILES string of the molecule is CC(NC(=O)N1CCC(C)(C(=O)O)C1)c1ccc2c(c1)CCCC2. The lowest BCUT2D eigenvalue weighted by Crippen LogP contribution is -2.41. The van der Waals surface area contributed by atoms with E-state index in [0.29, 0.717) is 13.0 Å². The molecule has 0 spiro atoms. The number of fused-ring (bicyclic) bond motifs is 1. The Hall–Kier alpha value is -2.04. The van der Waals surface area contributed by atoms with Gasteiger partial charge in [0, 0.05) is 13.1 Å². The van der Waals surface area contributed by atoms with E-state index in [1.54, 1.807) is 11.8 Å². The van der Waals surface area contributed by atoms with Crippen LogP contribution in [-0.4, -0.2) is 35.1 Å². The van der Waals surface area contributed by atoms with Gasteiger partial charge in [-0.15, -0.1) is 0 Å². The van der Waals surface area contributed by atoms with E-state index in [0.717, 1.165) is 18.4 Å². The zero-order chi connectivity index (χ0) is 17.3. The molecule has 1 fully saturated rings. The fraction of sp³-hybridized carbons (Fsp3) is 0.579. The average molecular weight is 330 g/mol. The molecule has 1 heterocycles. The van der Waals surface area contributed by atoms with Crippen molar-refractivity contribution in [2.24, 2.45) is 5.41 Å². The molecular formula is C19H26N2O3. The quantitative estimate of drug-likeness (QED) is 0.894. The number of hydrogen-bond acceptors (Lipinski definition) is 2. The molecule has 1 aromatic rings. The lowest BCUT2D eigenvalue weighted by Gasteiger charge is -2.24. The molecule has 1 aliphatic carbocycles. The van der Waals surface area contributed by atoms with Crippen molar-refractivity contribution < 1.29 is 14.7 Å². The van der Waals surface area contributed by atoms with Crippen molar-refractivity contribution in [1.82, 2.24) is 10.2 Å². The number of aliphatic carboxylic acids is 1. The van der Waals surface area contributed by atoms with Gasteiger partial charge in [-0.2, -0.15) is 0 Å². The molecule has 1 aliphatic heterocycles. The molecule has 1 aromatic carbocycles. The van der Waals surface area contributed by atoms with E-state index in [-0.39, 0.29) is 18.6 Å². The minimum Gasteiger partial charge on any atom is -0.481 e. The summed E-state index contributed by atoms with van der Waals surface area (Å²) < 4.78 is 0. The van der Waals surface area contributed by atoms with Crippen LogP contribution in [0, 0.1) is 5.41 Å². The fourth-order valence-electron chi connectivity index (χ4n) is 3.69. The van der Waals surface area contributed by atoms with E-state index < -0.39 is 11.4 Å². The second kappa shape index (κ2) is 6.46. The first kappa shape index (κ1) is 16.8. The molecule has 24 heavy (non-hydrogen) atoms. The Morgan fingerprint density at radius 1 is 1.25 bits per heavy atom. The summed E-state index contributed by atoms with van der Waals surface area (Å²) in [7, 11) is 0. The van der Waals surface area contributed by atoms with Crippen LogP contribution in [0.25, 0.3) is 0 Å². The Morgan fingerprint density at radius 2 is 1.96 bits per heavy atom. The highest BCUT2D eigenvalue weighted by Crippen LogP contribution is 2.30. The number of carboxylic acids is 1. The predicted octanol–water partition coefficient (Wildman–Crippen LogP) is 3.13. The molecule has 130 valence electrons. The Morgan fingerprint density at radius 3 is 2.62 bits per heavy atom. The maximum absolute atomic E-state index is 12.5. The molecule has 1 saturated heterocycles. The molecule has 2 unspecified atom stereocenters. The summed E-state index contributed by atoms with van der Waals surface area (Å²) in [5.41, 5.74) is 3.12. The van der Waals surface area contributed by atoms with Crippen LogP contribution in [0.3, 0.4) is 0 Å². The van der Waals surface area contributed by atoms with Crippen molar-refractivity contribution in [2.75, 3.05) is 13.1 Å². The van der Waals surface area contributed by atoms with Gasteiger partial charge >= 0.3 is 12.0 Å². The van der Waals surface area contributed by atoms with Crippen molar-refractivity contribution in [3.05, 3.63) is 34.9 Å². The number of nitrogens with zero attached hydrogens (tertiary/aromatic N) is 1. The highest BCUT2D eigenvalue weighted by Gasteiger charge is 2.42. The molecule has 0 saturated carbocycles. The van der Waals surface area contributed by atoms with Gasteiger partial charge in [-0.25, -0.2) is 4.79 Å². The third kappa shape index (κ3) is 3.25. The molecule has 0 bridgehead atoms. The number of amides is 2. The summed E-state index contributed by atoms with van der Waals surface area (Å²) >= 11 is 0. The van der Waals surface area contributed by atoms with Crippen LogP contribution in [0.4, 0.5) is 4.79 Å². The number of nitrogens with one attached hydrogen (secondary N) is 1. The molecule has 3 rings (SSSR count). The number of hydrogen-bond donors (Lipinski definition) is 2. The van der Waals surface area contributed by atoms with E-state index in [1.807, 2.05) is 6.92 Å². The number of urea groups is 1. The van der Waals surface area contributed by atoms with E-state index >= 15 is 0 Å². The van der Waals surface area contributed by atoms with E-state index in [2.05, 4.69) is 23.5 Å². The standard InChI is InChI=1S/C19H26N2O3/c1-13(15-8-7-14-5-3-4-6-16(14)11-15)20-18(24)21-10-9-19(2,12-21)17(22)23/h7-8,11,13H,3-6,9-10,12H2,1-2H3,(H,20,24)(H,22,23). The second-order valence-electron chi connectivity index (χ2n) is 7.44. The van der Waals surface area contributed by atoms with Gasteiger partial charge in [0.25, 0.3) is 0 Å². The van der Waals surface area contributed by atoms with Crippen molar-refractivity contribution in [3.63, 3.8) is 0 Å². The van der Waals surface area contributed by atoms with Crippen LogP contribution in [0.2, 0.25) is 0 Å². The first-order chi connectivity index (χ1) is 11.4. The van der Waals surface area contributed by atoms with Gasteiger partial charge in [0.15, 0.2) is 0 Å². The first-order valence-electron chi connectivity index (χ1n) is 8.79. The number of rotatable bonds is 3. The number of benzene rings is 1. The van der Waals surface area contributed by atoms with Crippen molar-refractivity contribution >= 4 is 12.0 Å². The first-order valence-corrected chi connectivity index (χ1v) is 8.79. The molecule has 5 nitrogen and oxygen atoms in total. The predicted molar refractivity (Wildman–Crippen MR) is 92.0 cm³/mol. The van der Waals surface area contributed by atoms with Crippen LogP contribution in [0.15, 0.2) is 18.2 Å². The topological polar surface area (TPSA) is 69.6 Å². The van der Waals surface area contributed by atoms with E-state index in [1.165, 1.54) is 24.0 Å². The summed E-state index contributed by atoms with van der Waals surface area (Å²) in [6, 6.07) is 6.24. The number of aryl methyl sites for hydroxylation is 2. The van der Waals surface area contributed by atoms with Crippen LogP contribution in [0.5, 0.6) is 0 Å². The van der Waals surface area contributed by atoms with Crippen molar-refractivity contribution in [1.29, 1.82) is 0 Å². The molecule has 2 N–H and O–H groups in total. The van der Waals surface area contributed by atoms with Crippen LogP contribution in [0.1, 0.15) is 55.8 Å². The lowest BCUT2D eigenvalue weighted by atomic mass is 9.89. The third-order valence-electron chi connectivity index (χ3n) is 5.49. The highest BCUT2D eigenvalue weighted by atomic mass is 16.4. The lowest BCUT2D eigenvalue weighted by molar-refractivity contribution is -0.146. The Kier molecular flexibility index (Phi) is 4.52. The largest absolute Gasteiger partial charge is 0.481 e. The third-order valence-corrected chi connectivity index (χ3v) is 5.49. The van der Waals surface area contributed by atoms with Crippen LogP contribution < -0.4 is 5.32 Å². The average Bonchev–Trinajstić information content (AvgIpc) is 2.98. The van der Waals surface area contributed by atoms with Crippen LogP contribution in [-0.2, 0) is 17.6 Å². The van der Waals surface area contributed by atoms with Gasteiger partial charge in [-0.1, -0.05) is 18.2 Å². The van der Waals surface area contributed by atoms with E-state index in [4.69, 9.17) is 0 Å². The Bertz CT molecular complexity index is 658. The Labute approximate surface area is 143 Å². The van der Waals surface area contributed by atoms with Crippen molar-refractivity contribution in [2.45, 2.75) is 52.0 Å². The highest BCUT2D eigenvalue weighted by molar-refractivity contribution is 5.79. The summed E-state index contributed by atoms with van der Waals surface area (Å²) in [4.78, 5) is 25.4. The number of likely N-dealkylation sites (tertiary alicyclic amines) is 1. The zero-order valence-electron chi connectivity index (χ0n) is 14.5. The van der Waals surface area contributed by atoms with Gasteiger partial charge in [0.05, 0.1) is 11.5 Å². The minimum absolute atomic E-state index is 0.0820. The molecule has 2 aliphatic rings. The summed E-state index contributed by atoms with van der Waals surface area (Å²) in [6.07, 6.45) is 5.27. The minimum atomic E-state index is -0.833. The van der Waals surface area contributed by atoms with E-state index in [9.17, 15) is 14.7 Å². The van der Waals surface area contributed by atoms with Crippen molar-refractivity contribution in [3.8, 4) is 0 Å². The van der Waals surface area contributed by atoms with Gasteiger partial charge < -0.3 is 15.3 Å². The normalized spacial score (nSPS) is 24.3.